The maximum Gasteiger partial charge on any atom is 0.252 e. The molecule has 4 heterocycles. The summed E-state index contributed by atoms with van der Waals surface area (Å²) < 4.78 is 30.6. The van der Waals surface area contributed by atoms with Crippen LogP contribution in [0.25, 0.3) is 0 Å². The van der Waals surface area contributed by atoms with Gasteiger partial charge in [0, 0.05) is 32.1 Å². The Morgan fingerprint density at radius 1 is 0.964 bits per heavy atom. The maximum atomic E-state index is 13.6. The molecule has 0 aromatic carbocycles. The van der Waals surface area contributed by atoms with Crippen LogP contribution in [0.5, 0.6) is 0 Å². The minimum atomic E-state index is -1.70. The van der Waals surface area contributed by atoms with E-state index in [0.717, 1.165) is 0 Å². The maximum absolute atomic E-state index is 13.6. The zero-order valence-electron chi connectivity index (χ0n) is 32.5. The number of carbonyl (C=O) groups excluding carboxylic acids is 2. The zero-order valence-corrected chi connectivity index (χ0v) is 32.5. The topological polar surface area (TPSA) is 323 Å². The van der Waals surface area contributed by atoms with E-state index in [9.17, 15) is 50.4 Å². The summed E-state index contributed by atoms with van der Waals surface area (Å²) in [5, 5.41) is 96.3. The van der Waals surface area contributed by atoms with Crippen molar-refractivity contribution in [1.82, 2.24) is 25.6 Å². The smallest absolute Gasteiger partial charge is 0.252 e. The number of aryl methyl sites for hydroxylation is 2. The van der Waals surface area contributed by atoms with Crippen LogP contribution in [0.4, 0.5) is 0 Å². The minimum absolute atomic E-state index is 0.0728. The molecule has 322 valence electrons. The normalized spacial score (nSPS) is 37.2. The van der Waals surface area contributed by atoms with Crippen molar-refractivity contribution >= 4 is 11.8 Å². The molecule has 0 saturated carbocycles. The van der Waals surface area contributed by atoms with Crippen LogP contribution < -0.4 is 16.4 Å². The number of aromatic nitrogens is 3. The van der Waals surface area contributed by atoms with Gasteiger partial charge in [0.2, 0.25) is 5.91 Å². The number of ether oxygens (including phenoxy) is 5. The number of amides is 2. The number of nitrogens with two attached hydrogens (primary N) is 1. The first-order valence-electron chi connectivity index (χ1n) is 19.3. The number of aliphatic hydroxyl groups is 8. The van der Waals surface area contributed by atoms with E-state index in [1.165, 1.54) is 4.68 Å². The number of carbonyl (C=O) groups is 2. The van der Waals surface area contributed by atoms with Crippen LogP contribution in [0.2, 0.25) is 0 Å². The molecule has 0 radical (unpaired) electrons. The Morgan fingerprint density at radius 2 is 1.64 bits per heavy atom. The molecule has 21 nitrogen and oxygen atoms in total. The van der Waals surface area contributed by atoms with E-state index in [0.29, 0.717) is 31.5 Å². The highest BCUT2D eigenvalue weighted by molar-refractivity contribution is 5.81. The first-order valence-corrected chi connectivity index (χ1v) is 19.3. The summed E-state index contributed by atoms with van der Waals surface area (Å²) in [6.07, 6.45) is -14.6. The van der Waals surface area contributed by atoms with Crippen molar-refractivity contribution in [2.75, 3.05) is 19.8 Å². The first-order chi connectivity index (χ1) is 26.5. The third-order valence-corrected chi connectivity index (χ3v) is 10.9. The van der Waals surface area contributed by atoms with E-state index in [4.69, 9.17) is 29.4 Å². The van der Waals surface area contributed by atoms with Gasteiger partial charge in [0.1, 0.15) is 61.0 Å². The number of nitrogens with zero attached hydrogens (tertiary/aromatic N) is 3. The van der Waals surface area contributed by atoms with Crippen molar-refractivity contribution in [2.45, 2.75) is 171 Å². The highest BCUT2D eigenvalue weighted by Crippen LogP contribution is 2.33. The summed E-state index contributed by atoms with van der Waals surface area (Å²) in [6.45, 7) is 8.53. The van der Waals surface area contributed by atoms with E-state index < -0.39 is 122 Å². The molecule has 16 atom stereocenters. The van der Waals surface area contributed by atoms with Crippen LogP contribution in [-0.2, 0) is 46.2 Å². The fraction of sp³-hybridized carbons (Fsp3) is 0.886. The Bertz CT molecular complexity index is 1390. The summed E-state index contributed by atoms with van der Waals surface area (Å²) in [4.78, 5) is 26.2. The molecular weight excluding hydrogens is 744 g/mol. The first kappa shape index (κ1) is 46.2. The molecule has 0 bridgehead atoms. The molecule has 5 unspecified atom stereocenters. The molecule has 3 fully saturated rings. The lowest BCUT2D eigenvalue weighted by Crippen LogP contribution is -2.68. The van der Waals surface area contributed by atoms with Gasteiger partial charge in [-0.15, -0.1) is 5.10 Å². The zero-order chi connectivity index (χ0) is 41.5. The third-order valence-electron chi connectivity index (χ3n) is 10.9. The van der Waals surface area contributed by atoms with E-state index in [2.05, 4.69) is 20.9 Å². The lowest BCUT2D eigenvalue weighted by molar-refractivity contribution is -0.334. The Hall–Kier alpha value is -2.48. The van der Waals surface area contributed by atoms with Crippen molar-refractivity contribution in [3.63, 3.8) is 0 Å². The van der Waals surface area contributed by atoms with Gasteiger partial charge >= 0.3 is 0 Å². The predicted octanol–water partition coefficient (Wildman–Crippen LogP) is -4.47. The molecule has 4 rings (SSSR count). The van der Waals surface area contributed by atoms with E-state index in [1.54, 1.807) is 20.0 Å². The van der Waals surface area contributed by atoms with Crippen molar-refractivity contribution in [1.29, 1.82) is 0 Å². The molecule has 3 aliphatic heterocycles. The molecular formula is C35H62N6O15. The molecule has 2 amide bonds. The lowest BCUT2D eigenvalue weighted by atomic mass is 9.86. The average molecular weight is 807 g/mol. The van der Waals surface area contributed by atoms with Crippen molar-refractivity contribution in [2.24, 2.45) is 11.7 Å². The monoisotopic (exact) mass is 806 g/mol. The van der Waals surface area contributed by atoms with E-state index in [-0.39, 0.29) is 25.3 Å². The number of hydrogen-bond acceptors (Lipinski definition) is 18. The molecule has 12 N–H and O–H groups in total. The highest BCUT2D eigenvalue weighted by atomic mass is 16.7. The van der Waals surface area contributed by atoms with Crippen LogP contribution in [0, 0.1) is 5.92 Å². The summed E-state index contributed by atoms with van der Waals surface area (Å²) in [7, 11) is 0. The molecule has 56 heavy (non-hydrogen) atoms. The number of aliphatic hydroxyl groups excluding tert-OH is 8. The number of nitrogens with one attached hydrogen (secondary N) is 2. The van der Waals surface area contributed by atoms with Crippen LogP contribution in [0.3, 0.4) is 0 Å². The van der Waals surface area contributed by atoms with E-state index in [1.807, 2.05) is 20.8 Å². The third kappa shape index (κ3) is 11.2. The highest BCUT2D eigenvalue weighted by Gasteiger charge is 2.53. The summed E-state index contributed by atoms with van der Waals surface area (Å²) in [5.41, 5.74) is 6.13. The standard InChI is InChI=1S/C35H62N6O15/c1-6-16(3)28-21(36)29(24(46)19(15-43)52-28)54-34-27(49)26(48)30(56-35(4,5)7-2)31(55-34)32(50)37-11-8-12-41-13-17(39-40-41)9-10-20(44)38-22-25(47)23(45)18(14-42)53-33(22)51/h13,16,18-19,21-31,33-34,42-43,45-49,51H,6-12,14-15,36H2,1-5H3,(H,37,50)(H,38,44)/t16-,18+,19?,21?,22+,23+,24+,25+,26?,27-,28-,29+,30-,31?,33?,34+/m0/s1. The van der Waals surface area contributed by atoms with Gasteiger partial charge in [-0.2, -0.15) is 0 Å². The average Bonchev–Trinajstić information content (AvgIpc) is 3.64. The van der Waals surface area contributed by atoms with Crippen molar-refractivity contribution < 1.29 is 74.1 Å². The Labute approximate surface area is 325 Å². The molecule has 0 aliphatic carbocycles. The molecule has 1 aromatic rings. The lowest BCUT2D eigenvalue weighted by Gasteiger charge is -2.48. The fourth-order valence-corrected chi connectivity index (χ4v) is 6.83. The number of hydrogen-bond donors (Lipinski definition) is 11. The number of rotatable bonds is 18. The van der Waals surface area contributed by atoms with Crippen LogP contribution in [0.1, 0.15) is 66.0 Å². The molecule has 0 spiro atoms. The Kier molecular flexibility index (Phi) is 16.9. The van der Waals surface area contributed by atoms with Crippen LogP contribution in [-0.4, -0.2) is 185 Å². The second-order valence-electron chi connectivity index (χ2n) is 15.4. The Balaban J connectivity index is 1.33. The predicted molar refractivity (Wildman–Crippen MR) is 192 cm³/mol. The Morgan fingerprint density at radius 3 is 2.29 bits per heavy atom. The molecule has 3 aliphatic rings. The van der Waals surface area contributed by atoms with Crippen molar-refractivity contribution in [3.8, 4) is 0 Å². The summed E-state index contributed by atoms with van der Waals surface area (Å²) >= 11 is 0. The minimum Gasteiger partial charge on any atom is -0.394 e. The molecule has 21 heteroatoms. The summed E-state index contributed by atoms with van der Waals surface area (Å²) in [6, 6.07) is -2.21. The largest absolute Gasteiger partial charge is 0.394 e. The van der Waals surface area contributed by atoms with Gasteiger partial charge in [0.15, 0.2) is 18.7 Å². The van der Waals surface area contributed by atoms with Gasteiger partial charge in [-0.25, -0.2) is 0 Å². The van der Waals surface area contributed by atoms with Gasteiger partial charge in [-0.1, -0.05) is 32.4 Å². The second-order valence-corrected chi connectivity index (χ2v) is 15.4. The molecule has 1 aromatic heterocycles. The van der Waals surface area contributed by atoms with Crippen LogP contribution >= 0.6 is 0 Å². The van der Waals surface area contributed by atoms with Gasteiger partial charge in [-0.05, 0) is 32.6 Å². The molecule has 3 saturated heterocycles. The SMILES string of the molecule is CC[C@H](C)[C@@H]1OC(CO)[C@@H](O)[C@H](O[C@@H]2OC(C(=O)NCCCn3cc(CCC(=O)N[C@H]4C(O)O[C@H](CO)[C@@H](O)[C@@H]4O)nn3)[C@@H](OC(C)(C)CC)C(O)[C@@H]2O)C1N. The van der Waals surface area contributed by atoms with Crippen LogP contribution in [0.15, 0.2) is 6.20 Å². The second kappa shape index (κ2) is 20.5. The van der Waals surface area contributed by atoms with Gasteiger partial charge in [0.25, 0.3) is 5.91 Å². The van der Waals surface area contributed by atoms with Gasteiger partial charge in [0.05, 0.1) is 36.7 Å². The summed E-state index contributed by atoms with van der Waals surface area (Å²) in [5.74, 6) is -1.29. The van der Waals surface area contributed by atoms with Crippen molar-refractivity contribution in [3.05, 3.63) is 11.9 Å². The fourth-order valence-electron chi connectivity index (χ4n) is 6.83. The van der Waals surface area contributed by atoms with Gasteiger partial charge in [-0.3, -0.25) is 14.3 Å². The quantitative estimate of drug-likeness (QED) is 0.0623. The van der Waals surface area contributed by atoms with Gasteiger partial charge < -0.3 is 80.9 Å². The van der Waals surface area contributed by atoms with E-state index >= 15 is 0 Å².